The van der Waals surface area contributed by atoms with Gasteiger partial charge in [0.25, 0.3) is 0 Å². The van der Waals surface area contributed by atoms with Crippen LogP contribution in [0.3, 0.4) is 0 Å². The molecular weight excluding hydrogens is 446 g/mol. The zero-order valence-corrected chi connectivity index (χ0v) is 18.3. The number of ketones is 1. The number of rotatable bonds is 7. The quantitative estimate of drug-likeness (QED) is 0.568. The molecule has 0 aliphatic carbocycles. The van der Waals surface area contributed by atoms with Crippen molar-refractivity contribution < 1.29 is 14.4 Å². The fourth-order valence-corrected chi connectivity index (χ4v) is 3.80. The van der Waals surface area contributed by atoms with Gasteiger partial charge in [0.15, 0.2) is 5.78 Å². The van der Waals surface area contributed by atoms with Gasteiger partial charge in [0, 0.05) is 29.0 Å². The van der Waals surface area contributed by atoms with Gasteiger partial charge in [-0.3, -0.25) is 9.59 Å². The molecule has 3 rings (SSSR count). The molecule has 1 fully saturated rings. The number of carbonyl (C=O) groups excluding carboxylic acids is 3. The van der Waals surface area contributed by atoms with Gasteiger partial charge in [0.05, 0.1) is 6.04 Å². The molecule has 0 bridgehead atoms. The van der Waals surface area contributed by atoms with E-state index >= 15 is 0 Å². The minimum atomic E-state index is -0.709. The highest BCUT2D eigenvalue weighted by Gasteiger charge is 2.28. The normalized spacial score (nSPS) is 17.4. The Kier molecular flexibility index (Phi) is 8.02. The van der Waals surface area contributed by atoms with Gasteiger partial charge in [-0.2, -0.15) is 0 Å². The molecule has 2 unspecified atom stereocenters. The minimum absolute atomic E-state index is 0.0707. The number of urea groups is 1. The van der Waals surface area contributed by atoms with E-state index in [0.29, 0.717) is 25.1 Å². The molecule has 158 valence electrons. The average Bonchev–Trinajstić information content (AvgIpc) is 2.94. The first-order valence-corrected chi connectivity index (χ1v) is 11.0. The predicted octanol–water partition coefficient (Wildman–Crippen LogP) is 4.06. The Morgan fingerprint density at radius 1 is 1.07 bits per heavy atom. The van der Waals surface area contributed by atoms with Crippen LogP contribution in [0.15, 0.2) is 59.1 Å². The average molecular weight is 472 g/mol. The summed E-state index contributed by atoms with van der Waals surface area (Å²) in [6.45, 7) is 0.658. The number of carbonyl (C=O) groups is 3. The van der Waals surface area contributed by atoms with Gasteiger partial charge >= 0.3 is 6.03 Å². The summed E-state index contributed by atoms with van der Waals surface area (Å²) in [4.78, 5) is 37.9. The first kappa shape index (κ1) is 22.0. The van der Waals surface area contributed by atoms with Crippen molar-refractivity contribution in [2.24, 2.45) is 5.92 Å². The van der Waals surface area contributed by atoms with E-state index in [1.807, 2.05) is 42.5 Å². The van der Waals surface area contributed by atoms with Crippen LogP contribution in [-0.4, -0.2) is 30.3 Å². The zero-order valence-electron chi connectivity index (χ0n) is 16.7. The highest BCUT2D eigenvalue weighted by molar-refractivity contribution is 9.10. The number of amides is 3. The monoisotopic (exact) mass is 471 g/mol. The second kappa shape index (κ2) is 10.9. The molecular formula is C23H26BrN3O3. The molecule has 2 atom stereocenters. The molecule has 1 heterocycles. The van der Waals surface area contributed by atoms with Crippen molar-refractivity contribution in [1.82, 2.24) is 10.6 Å². The molecule has 6 nitrogen and oxygen atoms in total. The largest absolute Gasteiger partial charge is 0.356 e. The van der Waals surface area contributed by atoms with E-state index in [9.17, 15) is 14.4 Å². The molecule has 0 aromatic heterocycles. The smallest absolute Gasteiger partial charge is 0.319 e. The van der Waals surface area contributed by atoms with E-state index in [4.69, 9.17) is 0 Å². The molecule has 0 spiro atoms. The van der Waals surface area contributed by atoms with E-state index in [2.05, 4.69) is 31.9 Å². The van der Waals surface area contributed by atoms with Gasteiger partial charge in [-0.05, 0) is 49.1 Å². The summed E-state index contributed by atoms with van der Waals surface area (Å²) in [7, 11) is 0. The molecule has 7 heteroatoms. The lowest BCUT2D eigenvalue weighted by Crippen LogP contribution is -2.45. The lowest BCUT2D eigenvalue weighted by Gasteiger charge is -2.21. The Bertz CT molecular complexity index is 871. The Hall–Kier alpha value is -2.67. The van der Waals surface area contributed by atoms with Gasteiger partial charge < -0.3 is 16.0 Å². The molecule has 3 N–H and O–H groups in total. The lowest BCUT2D eigenvalue weighted by atomic mass is 9.91. The number of hydrogen-bond acceptors (Lipinski definition) is 3. The molecule has 3 amide bonds. The van der Waals surface area contributed by atoms with Crippen LogP contribution in [0.4, 0.5) is 10.5 Å². The standard InChI is InChI=1S/C23H26BrN3O3/c24-18-9-11-19(12-10-18)26-23(30)27-20(14-16-6-2-1-3-7-16)21(28)15-17-8-4-5-13-25-22(17)29/h1-3,6-7,9-12,17,20H,4-5,8,13-15H2,(H,25,29)(H2,26,27,30). The molecule has 2 aromatic rings. The maximum absolute atomic E-state index is 13.1. The van der Waals surface area contributed by atoms with Crippen molar-refractivity contribution >= 4 is 39.3 Å². The van der Waals surface area contributed by atoms with Crippen molar-refractivity contribution in [3.05, 3.63) is 64.6 Å². The maximum Gasteiger partial charge on any atom is 0.319 e. The number of anilines is 1. The third kappa shape index (κ3) is 6.69. The van der Waals surface area contributed by atoms with E-state index in [1.165, 1.54) is 0 Å². The summed E-state index contributed by atoms with van der Waals surface area (Å²) in [6.07, 6.45) is 3.04. The van der Waals surface area contributed by atoms with Crippen molar-refractivity contribution in [3.8, 4) is 0 Å². The maximum atomic E-state index is 13.1. The first-order valence-electron chi connectivity index (χ1n) is 10.2. The molecule has 0 radical (unpaired) electrons. The summed E-state index contributed by atoms with van der Waals surface area (Å²) >= 11 is 3.36. The Morgan fingerprint density at radius 3 is 2.53 bits per heavy atom. The number of benzene rings is 2. The highest BCUT2D eigenvalue weighted by atomic mass is 79.9. The second-order valence-electron chi connectivity index (χ2n) is 7.50. The van der Waals surface area contributed by atoms with E-state index in [0.717, 1.165) is 22.9 Å². The fraction of sp³-hybridized carbons (Fsp3) is 0.348. The molecule has 0 saturated carbocycles. The van der Waals surface area contributed by atoms with Crippen LogP contribution in [0.25, 0.3) is 0 Å². The number of halogens is 1. The number of nitrogens with one attached hydrogen (secondary N) is 3. The van der Waals surface area contributed by atoms with Crippen molar-refractivity contribution in [3.63, 3.8) is 0 Å². The summed E-state index contributed by atoms with van der Waals surface area (Å²) in [5.41, 5.74) is 1.58. The van der Waals surface area contributed by atoms with Gasteiger partial charge in [0.1, 0.15) is 0 Å². The minimum Gasteiger partial charge on any atom is -0.356 e. The highest BCUT2D eigenvalue weighted by Crippen LogP contribution is 2.19. The van der Waals surface area contributed by atoms with Crippen LogP contribution in [0.1, 0.15) is 31.2 Å². The van der Waals surface area contributed by atoms with Crippen LogP contribution in [-0.2, 0) is 16.0 Å². The fourth-order valence-electron chi connectivity index (χ4n) is 3.54. The molecule has 1 aliphatic heterocycles. The zero-order chi connectivity index (χ0) is 21.3. The molecule has 1 saturated heterocycles. The predicted molar refractivity (Wildman–Crippen MR) is 120 cm³/mol. The third-order valence-corrected chi connectivity index (χ3v) is 5.70. The van der Waals surface area contributed by atoms with Gasteiger partial charge in [-0.1, -0.05) is 52.7 Å². The summed E-state index contributed by atoms with van der Waals surface area (Å²) in [6, 6.07) is 15.6. The topological polar surface area (TPSA) is 87.3 Å². The van der Waals surface area contributed by atoms with Crippen LogP contribution < -0.4 is 16.0 Å². The Balaban J connectivity index is 1.68. The Labute approximate surface area is 184 Å². The summed E-state index contributed by atoms with van der Waals surface area (Å²) in [5.74, 6) is -0.542. The van der Waals surface area contributed by atoms with Crippen LogP contribution >= 0.6 is 15.9 Å². The van der Waals surface area contributed by atoms with Crippen LogP contribution in [0.5, 0.6) is 0 Å². The SMILES string of the molecule is O=C(Nc1ccc(Br)cc1)NC(Cc1ccccc1)C(=O)CC1CCCCNC1=O. The third-order valence-electron chi connectivity index (χ3n) is 5.18. The lowest BCUT2D eigenvalue weighted by molar-refractivity contribution is -0.129. The number of hydrogen-bond donors (Lipinski definition) is 3. The van der Waals surface area contributed by atoms with Crippen molar-refractivity contribution in [2.45, 2.75) is 38.1 Å². The second-order valence-corrected chi connectivity index (χ2v) is 8.42. The van der Waals surface area contributed by atoms with Crippen LogP contribution in [0, 0.1) is 5.92 Å². The molecule has 2 aromatic carbocycles. The van der Waals surface area contributed by atoms with Crippen molar-refractivity contribution in [2.75, 3.05) is 11.9 Å². The van der Waals surface area contributed by atoms with E-state index < -0.39 is 12.1 Å². The molecule has 30 heavy (non-hydrogen) atoms. The Morgan fingerprint density at radius 2 is 1.80 bits per heavy atom. The number of Topliss-reactive ketones (excluding diaryl/α,β-unsaturated/α-hetero) is 1. The summed E-state index contributed by atoms with van der Waals surface area (Å²) in [5, 5.41) is 8.44. The first-order chi connectivity index (χ1) is 14.5. The van der Waals surface area contributed by atoms with E-state index in [-0.39, 0.29) is 24.0 Å². The summed E-state index contributed by atoms with van der Waals surface area (Å²) < 4.78 is 0.910. The van der Waals surface area contributed by atoms with Crippen LogP contribution in [0.2, 0.25) is 0 Å². The van der Waals surface area contributed by atoms with E-state index in [1.54, 1.807) is 12.1 Å². The van der Waals surface area contributed by atoms with Gasteiger partial charge in [-0.25, -0.2) is 4.79 Å². The van der Waals surface area contributed by atoms with Crippen molar-refractivity contribution in [1.29, 1.82) is 0 Å². The van der Waals surface area contributed by atoms with Gasteiger partial charge in [-0.15, -0.1) is 0 Å². The molecule has 1 aliphatic rings. The van der Waals surface area contributed by atoms with Gasteiger partial charge in [0.2, 0.25) is 5.91 Å².